The summed E-state index contributed by atoms with van der Waals surface area (Å²) in [5, 5.41) is 9.85. The van der Waals surface area contributed by atoms with Gasteiger partial charge in [0.2, 0.25) is 5.78 Å². The molecule has 0 fully saturated rings. The van der Waals surface area contributed by atoms with Crippen LogP contribution in [0.1, 0.15) is 36.6 Å². The summed E-state index contributed by atoms with van der Waals surface area (Å²) in [5.41, 5.74) is 1.56. The van der Waals surface area contributed by atoms with Gasteiger partial charge in [0.05, 0.1) is 23.4 Å². The zero-order chi connectivity index (χ0) is 22.0. The predicted molar refractivity (Wildman–Crippen MR) is 125 cm³/mol. The third-order valence-electron chi connectivity index (χ3n) is 5.15. The van der Waals surface area contributed by atoms with E-state index < -0.39 is 0 Å². The molecule has 0 N–H and O–H groups in total. The minimum absolute atomic E-state index is 0.116. The Morgan fingerprint density at radius 1 is 1.16 bits per heavy atom. The van der Waals surface area contributed by atoms with E-state index in [0.29, 0.717) is 22.9 Å². The van der Waals surface area contributed by atoms with E-state index in [2.05, 4.69) is 17.1 Å². The molecule has 4 aromatic rings. The summed E-state index contributed by atoms with van der Waals surface area (Å²) in [6.07, 6.45) is 3.00. The van der Waals surface area contributed by atoms with E-state index in [1.54, 1.807) is 4.57 Å². The Hall–Kier alpha value is -2.65. The van der Waals surface area contributed by atoms with Crippen molar-refractivity contribution < 1.29 is 9.53 Å². The van der Waals surface area contributed by atoms with Crippen molar-refractivity contribution in [3.05, 3.63) is 51.1 Å². The van der Waals surface area contributed by atoms with Crippen LogP contribution in [0.5, 0.6) is 0 Å². The summed E-state index contributed by atoms with van der Waals surface area (Å²) in [6.45, 7) is 6.51. The molecule has 0 aliphatic carbocycles. The zero-order valence-electron chi connectivity index (χ0n) is 17.8. The van der Waals surface area contributed by atoms with Gasteiger partial charge in [-0.05, 0) is 38.0 Å². The maximum atomic E-state index is 13.4. The molecule has 31 heavy (non-hydrogen) atoms. The average Bonchev–Trinajstić information content (AvgIpc) is 3.31. The first-order chi connectivity index (χ1) is 15.0. The van der Waals surface area contributed by atoms with Gasteiger partial charge in [-0.15, -0.1) is 21.5 Å². The van der Waals surface area contributed by atoms with E-state index >= 15 is 0 Å². The summed E-state index contributed by atoms with van der Waals surface area (Å²) < 4.78 is 8.77. The molecule has 0 aliphatic rings. The van der Waals surface area contributed by atoms with Crippen molar-refractivity contribution in [3.63, 3.8) is 0 Å². The van der Waals surface area contributed by atoms with E-state index in [4.69, 9.17) is 4.74 Å². The van der Waals surface area contributed by atoms with Crippen LogP contribution >= 0.6 is 23.1 Å². The fourth-order valence-electron chi connectivity index (χ4n) is 3.41. The number of fused-ring (bicyclic) bond motifs is 3. The Kier molecular flexibility index (Phi) is 6.43. The lowest BCUT2D eigenvalue weighted by Gasteiger charge is -2.09. The molecular formula is C22H24N4O3S2. The van der Waals surface area contributed by atoms with Crippen LogP contribution in [0.15, 0.2) is 40.3 Å². The number of thioether (sulfide) groups is 1. The van der Waals surface area contributed by atoms with Crippen molar-refractivity contribution in [1.82, 2.24) is 19.2 Å². The average molecular weight is 457 g/mol. The molecule has 4 rings (SSSR count). The lowest BCUT2D eigenvalue weighted by atomic mass is 10.2. The molecule has 162 valence electrons. The van der Waals surface area contributed by atoms with Gasteiger partial charge in [-0.2, -0.15) is 0 Å². The van der Waals surface area contributed by atoms with E-state index in [0.717, 1.165) is 40.2 Å². The molecule has 0 spiro atoms. The number of rotatable bonds is 8. The first-order valence-electron chi connectivity index (χ1n) is 10.3. The number of hydrogen-bond donors (Lipinski definition) is 0. The van der Waals surface area contributed by atoms with Crippen molar-refractivity contribution in [3.8, 4) is 5.69 Å². The molecular weight excluding hydrogens is 432 g/mol. The normalized spacial score (nSPS) is 11.5. The first-order valence-corrected chi connectivity index (χ1v) is 12.1. The zero-order valence-corrected chi connectivity index (χ0v) is 19.4. The Balaban J connectivity index is 1.76. The maximum absolute atomic E-state index is 13.4. The summed E-state index contributed by atoms with van der Waals surface area (Å²) in [6, 6.07) is 9.42. The van der Waals surface area contributed by atoms with Gasteiger partial charge in [-0.3, -0.25) is 9.59 Å². The standard InChI is InChI=1S/C22H24N4O3S2/c1-4-5-9-12-29-17(27)13-30-22-24-23-21-25(16-10-7-6-8-11-16)19(28)18-14(2)15(3)31-20(18)26(21)22/h6-8,10-11H,4-5,9,12-13H2,1-3H3. The lowest BCUT2D eigenvalue weighted by Crippen LogP contribution is -2.21. The summed E-state index contributed by atoms with van der Waals surface area (Å²) in [7, 11) is 0. The Morgan fingerprint density at radius 2 is 1.94 bits per heavy atom. The van der Waals surface area contributed by atoms with Crippen molar-refractivity contribution in [1.29, 1.82) is 0 Å². The number of aryl methyl sites for hydroxylation is 2. The second-order valence-electron chi connectivity index (χ2n) is 7.27. The van der Waals surface area contributed by atoms with Crippen molar-refractivity contribution >= 4 is 45.1 Å². The number of hydrogen-bond acceptors (Lipinski definition) is 7. The van der Waals surface area contributed by atoms with Crippen molar-refractivity contribution in [2.45, 2.75) is 45.2 Å². The molecule has 3 heterocycles. The Bertz CT molecular complexity index is 1290. The lowest BCUT2D eigenvalue weighted by molar-refractivity contribution is -0.140. The highest BCUT2D eigenvalue weighted by Gasteiger charge is 2.22. The summed E-state index contributed by atoms with van der Waals surface area (Å²) >= 11 is 2.81. The quantitative estimate of drug-likeness (QED) is 0.220. The van der Waals surface area contributed by atoms with E-state index in [-0.39, 0.29) is 17.3 Å². The number of unbranched alkanes of at least 4 members (excludes halogenated alkanes) is 2. The van der Waals surface area contributed by atoms with E-state index in [9.17, 15) is 9.59 Å². The number of ether oxygens (including phenoxy) is 1. The molecule has 9 heteroatoms. The largest absolute Gasteiger partial charge is 0.465 e. The van der Waals surface area contributed by atoms with Crippen LogP contribution in [0.4, 0.5) is 0 Å². The molecule has 0 saturated carbocycles. The van der Waals surface area contributed by atoms with Crippen molar-refractivity contribution in [2.24, 2.45) is 0 Å². The minimum atomic E-state index is -0.274. The van der Waals surface area contributed by atoms with Gasteiger partial charge < -0.3 is 4.74 Å². The van der Waals surface area contributed by atoms with Crippen molar-refractivity contribution in [2.75, 3.05) is 12.4 Å². The van der Waals surface area contributed by atoms with Gasteiger partial charge in [-0.25, -0.2) is 8.97 Å². The molecule has 0 unspecified atom stereocenters. The number of para-hydroxylation sites is 1. The van der Waals surface area contributed by atoms with Gasteiger partial charge in [-0.1, -0.05) is 49.7 Å². The topological polar surface area (TPSA) is 78.5 Å². The highest BCUT2D eigenvalue weighted by atomic mass is 32.2. The van der Waals surface area contributed by atoms with E-state index in [1.807, 2.05) is 48.6 Å². The van der Waals surface area contributed by atoms with Crippen LogP contribution in [-0.2, 0) is 9.53 Å². The molecule has 0 amide bonds. The third-order valence-corrected chi connectivity index (χ3v) is 7.24. The van der Waals surface area contributed by atoms with E-state index in [1.165, 1.54) is 23.1 Å². The molecule has 0 saturated heterocycles. The number of benzene rings is 1. The van der Waals surface area contributed by atoms with Gasteiger partial charge in [0.1, 0.15) is 4.83 Å². The predicted octanol–water partition coefficient (Wildman–Crippen LogP) is 4.54. The molecule has 3 aromatic heterocycles. The summed E-state index contributed by atoms with van der Waals surface area (Å²) in [5.74, 6) is 0.301. The van der Waals surface area contributed by atoms with Crippen LogP contribution in [0.2, 0.25) is 0 Å². The monoisotopic (exact) mass is 456 g/mol. The first kappa shape index (κ1) is 21.6. The SMILES string of the molecule is CCCCCOC(=O)CSc1nnc2n(-c3ccccc3)c(=O)c3c(C)c(C)sc3n12. The fraction of sp³-hybridized carbons (Fsp3) is 0.364. The number of nitrogens with zero attached hydrogens (tertiary/aromatic N) is 4. The van der Waals surface area contributed by atoms with Crippen LogP contribution in [-0.4, -0.2) is 37.5 Å². The molecule has 0 aliphatic heterocycles. The van der Waals surface area contributed by atoms with Gasteiger partial charge in [0.15, 0.2) is 5.16 Å². The fourth-order valence-corrected chi connectivity index (χ4v) is 5.35. The number of carbonyl (C=O) groups is 1. The maximum Gasteiger partial charge on any atom is 0.316 e. The van der Waals surface area contributed by atoms with Crippen LogP contribution < -0.4 is 5.56 Å². The number of thiophene rings is 1. The second kappa shape index (κ2) is 9.23. The van der Waals surface area contributed by atoms with Gasteiger partial charge >= 0.3 is 5.97 Å². The number of carbonyl (C=O) groups excluding carboxylic acids is 1. The number of esters is 1. The second-order valence-corrected chi connectivity index (χ2v) is 9.42. The molecule has 1 aromatic carbocycles. The highest BCUT2D eigenvalue weighted by Crippen LogP contribution is 2.31. The molecule has 0 atom stereocenters. The Labute approximate surface area is 188 Å². The number of aromatic nitrogens is 4. The third kappa shape index (κ3) is 4.12. The smallest absolute Gasteiger partial charge is 0.316 e. The van der Waals surface area contributed by atoms with Crippen LogP contribution in [0, 0.1) is 13.8 Å². The van der Waals surface area contributed by atoms with Crippen LogP contribution in [0.25, 0.3) is 21.7 Å². The molecule has 0 radical (unpaired) electrons. The minimum Gasteiger partial charge on any atom is -0.465 e. The Morgan fingerprint density at radius 3 is 2.68 bits per heavy atom. The highest BCUT2D eigenvalue weighted by molar-refractivity contribution is 7.99. The molecule has 0 bridgehead atoms. The molecule has 7 nitrogen and oxygen atoms in total. The van der Waals surface area contributed by atoms with Crippen LogP contribution in [0.3, 0.4) is 0 Å². The van der Waals surface area contributed by atoms with Gasteiger partial charge in [0, 0.05) is 4.88 Å². The van der Waals surface area contributed by atoms with Gasteiger partial charge in [0.25, 0.3) is 5.56 Å². The summed E-state index contributed by atoms with van der Waals surface area (Å²) in [4.78, 5) is 27.4.